The van der Waals surface area contributed by atoms with E-state index in [0.717, 1.165) is 11.3 Å². The van der Waals surface area contributed by atoms with E-state index in [1.165, 1.54) is 31.4 Å². The summed E-state index contributed by atoms with van der Waals surface area (Å²) in [4.78, 5) is 24.6. The molecule has 3 aromatic rings. The van der Waals surface area contributed by atoms with Crippen LogP contribution in [0.2, 0.25) is 10.0 Å². The molecule has 0 spiro atoms. The summed E-state index contributed by atoms with van der Waals surface area (Å²) in [7, 11) is 1.48. The lowest BCUT2D eigenvalue weighted by molar-refractivity contribution is -0.115. The van der Waals surface area contributed by atoms with Crippen LogP contribution >= 0.6 is 34.5 Å². The molecule has 2 amide bonds. The topological polar surface area (TPSA) is 67.4 Å². The number of methoxy groups -OCH3 is 1. The predicted molar refractivity (Wildman–Crippen MR) is 106 cm³/mol. The predicted octanol–water partition coefficient (Wildman–Crippen LogP) is 4.72. The van der Waals surface area contributed by atoms with Crippen molar-refractivity contribution >= 4 is 62.1 Å². The first-order valence-corrected chi connectivity index (χ1v) is 9.26. The number of halogens is 3. The molecule has 3 rings (SSSR count). The highest BCUT2D eigenvalue weighted by molar-refractivity contribution is 7.22. The van der Waals surface area contributed by atoms with E-state index >= 15 is 0 Å². The minimum Gasteiger partial charge on any atom is -0.494 e. The molecule has 0 saturated carbocycles. The molecule has 0 bridgehead atoms. The first kappa shape index (κ1) is 19.4. The standard InChI is InChI=1S/C18H13Cl2FN2O3S/c1-26-15-12(19)7-6-11-14(20)17(27-16(11)15)18(25)22-8-13(24)23-10-4-2-9(21)3-5-10/h2-7H,8H2,1H3,(H,22,25)(H,23,24). The molecule has 0 radical (unpaired) electrons. The summed E-state index contributed by atoms with van der Waals surface area (Å²) < 4.78 is 18.8. The van der Waals surface area contributed by atoms with E-state index in [1.807, 2.05) is 0 Å². The number of thiophene rings is 1. The van der Waals surface area contributed by atoms with Gasteiger partial charge < -0.3 is 15.4 Å². The molecule has 27 heavy (non-hydrogen) atoms. The number of ether oxygens (including phenoxy) is 1. The van der Waals surface area contributed by atoms with Crippen LogP contribution in [-0.4, -0.2) is 25.5 Å². The number of amides is 2. The molecule has 0 aliphatic rings. The fourth-order valence-corrected chi connectivity index (χ4v) is 4.24. The zero-order valence-electron chi connectivity index (χ0n) is 13.9. The van der Waals surface area contributed by atoms with E-state index in [0.29, 0.717) is 26.5 Å². The Bertz CT molecular complexity index is 1020. The average Bonchev–Trinajstić information content (AvgIpc) is 2.98. The van der Waals surface area contributed by atoms with E-state index < -0.39 is 17.6 Å². The lowest BCUT2D eigenvalue weighted by atomic mass is 10.2. The third-order valence-electron chi connectivity index (χ3n) is 3.65. The van der Waals surface area contributed by atoms with Gasteiger partial charge in [-0.15, -0.1) is 11.3 Å². The summed E-state index contributed by atoms with van der Waals surface area (Å²) in [6, 6.07) is 8.64. The fourth-order valence-electron chi connectivity index (χ4n) is 2.40. The van der Waals surface area contributed by atoms with Crippen molar-refractivity contribution in [2.24, 2.45) is 0 Å². The van der Waals surface area contributed by atoms with Crippen LogP contribution in [0, 0.1) is 5.82 Å². The normalized spacial score (nSPS) is 10.7. The van der Waals surface area contributed by atoms with Crippen LogP contribution in [0.5, 0.6) is 5.75 Å². The maximum atomic E-state index is 12.9. The van der Waals surface area contributed by atoms with Crippen LogP contribution in [0.1, 0.15) is 9.67 Å². The number of benzene rings is 2. The number of hydrogen-bond donors (Lipinski definition) is 2. The van der Waals surface area contributed by atoms with Crippen molar-refractivity contribution in [1.29, 1.82) is 0 Å². The third-order valence-corrected chi connectivity index (χ3v) is 5.66. The lowest BCUT2D eigenvalue weighted by Crippen LogP contribution is -2.32. The van der Waals surface area contributed by atoms with Gasteiger partial charge in [0.05, 0.1) is 28.4 Å². The van der Waals surface area contributed by atoms with Crippen molar-refractivity contribution in [2.75, 3.05) is 19.0 Å². The highest BCUT2D eigenvalue weighted by Gasteiger charge is 2.21. The summed E-state index contributed by atoms with van der Waals surface area (Å²) >= 11 is 13.5. The summed E-state index contributed by atoms with van der Waals surface area (Å²) in [5.41, 5.74) is 0.426. The van der Waals surface area contributed by atoms with Gasteiger partial charge in [-0.2, -0.15) is 0 Å². The van der Waals surface area contributed by atoms with E-state index in [4.69, 9.17) is 27.9 Å². The minimum absolute atomic E-state index is 0.252. The van der Waals surface area contributed by atoms with Crippen LogP contribution in [0.25, 0.3) is 10.1 Å². The number of rotatable bonds is 5. The van der Waals surface area contributed by atoms with Crippen molar-refractivity contribution in [2.45, 2.75) is 0 Å². The van der Waals surface area contributed by atoms with Crippen molar-refractivity contribution in [3.8, 4) is 5.75 Å². The molecule has 0 saturated heterocycles. The molecule has 1 aromatic heterocycles. The van der Waals surface area contributed by atoms with Gasteiger partial charge in [-0.05, 0) is 30.3 Å². The van der Waals surface area contributed by atoms with Crippen molar-refractivity contribution < 1.29 is 18.7 Å². The molecular weight excluding hydrogens is 414 g/mol. The van der Waals surface area contributed by atoms with Crippen molar-refractivity contribution in [3.05, 3.63) is 57.1 Å². The molecule has 0 aliphatic carbocycles. The summed E-state index contributed by atoms with van der Waals surface area (Å²) in [6.07, 6.45) is 0. The fraction of sp³-hybridized carbons (Fsp3) is 0.111. The molecule has 0 fully saturated rings. The number of carbonyl (C=O) groups is 2. The first-order chi connectivity index (χ1) is 12.9. The van der Waals surface area contributed by atoms with Gasteiger partial charge in [0.1, 0.15) is 10.7 Å². The number of carbonyl (C=O) groups excluding carboxylic acids is 2. The molecule has 1 heterocycles. The van der Waals surface area contributed by atoms with E-state index in [1.54, 1.807) is 12.1 Å². The smallest absolute Gasteiger partial charge is 0.263 e. The molecule has 5 nitrogen and oxygen atoms in total. The van der Waals surface area contributed by atoms with Gasteiger partial charge >= 0.3 is 0 Å². The first-order valence-electron chi connectivity index (χ1n) is 7.68. The van der Waals surface area contributed by atoms with Crippen LogP contribution in [0.4, 0.5) is 10.1 Å². The Morgan fingerprint density at radius 3 is 2.52 bits per heavy atom. The Morgan fingerprint density at radius 1 is 1.15 bits per heavy atom. The van der Waals surface area contributed by atoms with Crippen LogP contribution in [0.3, 0.4) is 0 Å². The van der Waals surface area contributed by atoms with Crippen LogP contribution in [0.15, 0.2) is 36.4 Å². The number of fused-ring (bicyclic) bond motifs is 1. The molecule has 9 heteroatoms. The molecule has 0 aliphatic heterocycles. The second-order valence-corrected chi connectivity index (χ2v) is 7.25. The van der Waals surface area contributed by atoms with Gasteiger partial charge in [-0.3, -0.25) is 9.59 Å². The molecule has 0 unspecified atom stereocenters. The largest absolute Gasteiger partial charge is 0.494 e. The van der Waals surface area contributed by atoms with Gasteiger partial charge in [0, 0.05) is 11.1 Å². The molecule has 140 valence electrons. The lowest BCUT2D eigenvalue weighted by Gasteiger charge is -2.06. The zero-order valence-corrected chi connectivity index (χ0v) is 16.3. The highest BCUT2D eigenvalue weighted by Crippen LogP contribution is 2.43. The zero-order chi connectivity index (χ0) is 19.6. The monoisotopic (exact) mass is 426 g/mol. The SMILES string of the molecule is COc1c(Cl)ccc2c(Cl)c(C(=O)NCC(=O)Nc3ccc(F)cc3)sc12. The van der Waals surface area contributed by atoms with Crippen LogP contribution in [-0.2, 0) is 4.79 Å². The number of anilines is 1. The maximum absolute atomic E-state index is 12.9. The Morgan fingerprint density at radius 2 is 1.85 bits per heavy atom. The average molecular weight is 427 g/mol. The second-order valence-electron chi connectivity index (χ2n) is 5.44. The molecule has 2 aromatic carbocycles. The Balaban J connectivity index is 1.71. The Kier molecular flexibility index (Phi) is 5.84. The van der Waals surface area contributed by atoms with E-state index in [-0.39, 0.29) is 16.4 Å². The quantitative estimate of drug-likeness (QED) is 0.619. The minimum atomic E-state index is -0.492. The summed E-state index contributed by atoms with van der Waals surface area (Å²) in [6.45, 7) is -0.265. The van der Waals surface area contributed by atoms with E-state index in [9.17, 15) is 14.0 Å². The molecular formula is C18H13Cl2FN2O3S. The van der Waals surface area contributed by atoms with Gasteiger partial charge in [-0.25, -0.2) is 4.39 Å². The third kappa shape index (κ3) is 4.16. The van der Waals surface area contributed by atoms with Crippen LogP contribution < -0.4 is 15.4 Å². The number of nitrogens with one attached hydrogen (secondary N) is 2. The Labute approximate surface area is 168 Å². The van der Waals surface area contributed by atoms with Crippen molar-refractivity contribution in [3.63, 3.8) is 0 Å². The van der Waals surface area contributed by atoms with Gasteiger partial charge in [0.15, 0.2) is 5.75 Å². The number of hydrogen-bond acceptors (Lipinski definition) is 4. The second kappa shape index (κ2) is 8.12. The Hall–Kier alpha value is -2.35. The van der Waals surface area contributed by atoms with E-state index in [2.05, 4.69) is 10.6 Å². The maximum Gasteiger partial charge on any atom is 0.263 e. The van der Waals surface area contributed by atoms with Gasteiger partial charge in [0.2, 0.25) is 5.91 Å². The molecule has 0 atom stereocenters. The summed E-state index contributed by atoms with van der Waals surface area (Å²) in [5, 5.41) is 6.39. The van der Waals surface area contributed by atoms with Gasteiger partial charge in [-0.1, -0.05) is 29.3 Å². The summed E-state index contributed by atoms with van der Waals surface area (Å²) in [5.74, 6) is -0.910. The highest BCUT2D eigenvalue weighted by atomic mass is 35.5. The van der Waals surface area contributed by atoms with Crippen molar-refractivity contribution in [1.82, 2.24) is 5.32 Å². The molecule has 2 N–H and O–H groups in total. The van der Waals surface area contributed by atoms with Gasteiger partial charge in [0.25, 0.3) is 5.91 Å².